The fraction of sp³-hybridized carbons (Fsp3) is 0.474. The number of ether oxygens (including phenoxy) is 1. The Morgan fingerprint density at radius 1 is 1.27 bits per heavy atom. The lowest BCUT2D eigenvalue weighted by Crippen LogP contribution is -2.20. The van der Waals surface area contributed by atoms with Gasteiger partial charge in [0.1, 0.15) is 11.9 Å². The number of sulfone groups is 1. The predicted molar refractivity (Wildman–Crippen MR) is 112 cm³/mol. The molecule has 1 aromatic carbocycles. The van der Waals surface area contributed by atoms with Gasteiger partial charge in [-0.1, -0.05) is 17.8 Å². The first kappa shape index (κ1) is 20.9. The summed E-state index contributed by atoms with van der Waals surface area (Å²) in [6.07, 6.45) is 1.84. The average molecular weight is 451 g/mol. The van der Waals surface area contributed by atoms with Gasteiger partial charge in [-0.25, -0.2) is 8.42 Å². The van der Waals surface area contributed by atoms with E-state index in [2.05, 4.69) is 15.5 Å². The van der Waals surface area contributed by atoms with Crippen LogP contribution in [0.5, 0.6) is 0 Å². The van der Waals surface area contributed by atoms with Gasteiger partial charge >= 0.3 is 5.97 Å². The molecule has 1 saturated carbocycles. The maximum Gasteiger partial charge on any atom is 0.316 e. The molecule has 1 aliphatic carbocycles. The van der Waals surface area contributed by atoms with E-state index in [1.807, 2.05) is 22.8 Å². The Morgan fingerprint density at radius 3 is 2.73 bits per heavy atom. The lowest BCUT2D eigenvalue weighted by molar-refractivity contribution is -0.144. The number of anilines is 1. The number of hydrogen-bond acceptors (Lipinski definition) is 8. The first-order valence-corrected chi connectivity index (χ1v) is 12.5. The predicted octanol–water partition coefficient (Wildman–Crippen LogP) is 1.93. The molecule has 1 aromatic heterocycles. The number of amides is 1. The van der Waals surface area contributed by atoms with Crippen LogP contribution >= 0.6 is 11.8 Å². The molecule has 0 radical (unpaired) electrons. The van der Waals surface area contributed by atoms with Crippen molar-refractivity contribution < 1.29 is 22.7 Å². The highest BCUT2D eigenvalue weighted by molar-refractivity contribution is 7.99. The summed E-state index contributed by atoms with van der Waals surface area (Å²) in [7, 11) is -3.10. The Balaban J connectivity index is 1.49. The topological polar surface area (TPSA) is 120 Å². The second-order valence-corrected chi connectivity index (χ2v) is 10.7. The number of hydrogen-bond donors (Lipinski definition) is 1. The van der Waals surface area contributed by atoms with Crippen molar-refractivity contribution in [2.24, 2.45) is 0 Å². The summed E-state index contributed by atoms with van der Waals surface area (Å²) in [5.41, 5.74) is 1.46. The summed E-state index contributed by atoms with van der Waals surface area (Å²) in [6.45, 7) is 1.45. The van der Waals surface area contributed by atoms with E-state index in [9.17, 15) is 18.0 Å². The molecule has 2 fully saturated rings. The highest BCUT2D eigenvalue weighted by Crippen LogP contribution is 2.41. The zero-order valence-corrected chi connectivity index (χ0v) is 18.0. The molecule has 1 N–H and O–H groups in total. The average Bonchev–Trinajstić information content (AvgIpc) is 3.34. The van der Waals surface area contributed by atoms with Crippen molar-refractivity contribution in [3.8, 4) is 5.69 Å². The summed E-state index contributed by atoms with van der Waals surface area (Å²) in [4.78, 5) is 23.6. The van der Waals surface area contributed by atoms with E-state index in [4.69, 9.17) is 4.74 Å². The molecule has 2 aliphatic rings. The van der Waals surface area contributed by atoms with Gasteiger partial charge in [-0.3, -0.25) is 14.2 Å². The number of rotatable bonds is 7. The van der Waals surface area contributed by atoms with E-state index in [-0.39, 0.29) is 23.2 Å². The fourth-order valence-corrected chi connectivity index (χ4v) is 5.68. The van der Waals surface area contributed by atoms with Crippen LogP contribution in [-0.4, -0.2) is 58.4 Å². The van der Waals surface area contributed by atoms with Crippen molar-refractivity contribution >= 4 is 39.2 Å². The third kappa shape index (κ3) is 5.01. The molecular weight excluding hydrogens is 428 g/mol. The first-order chi connectivity index (χ1) is 14.3. The minimum Gasteiger partial charge on any atom is -0.461 e. The maximum atomic E-state index is 12.2. The Morgan fingerprint density at radius 2 is 2.07 bits per heavy atom. The van der Waals surface area contributed by atoms with Crippen molar-refractivity contribution in [2.75, 3.05) is 22.6 Å². The summed E-state index contributed by atoms with van der Waals surface area (Å²) in [5.74, 6) is 0.467. The zero-order valence-electron chi connectivity index (χ0n) is 16.4. The SMILES string of the molecule is CC(=O)Nc1cccc(-n2c(SCC(=O)O[C@@H]3CCS(=O)(=O)C3)nnc2C2CC2)c1. The number of thioether (sulfide) groups is 1. The van der Waals surface area contributed by atoms with E-state index < -0.39 is 21.9 Å². The number of carbonyl (C=O) groups excluding carboxylic acids is 2. The van der Waals surface area contributed by atoms with Crippen LogP contribution < -0.4 is 5.32 Å². The van der Waals surface area contributed by atoms with E-state index >= 15 is 0 Å². The minimum atomic E-state index is -3.10. The van der Waals surface area contributed by atoms with E-state index in [1.165, 1.54) is 18.7 Å². The third-order valence-corrected chi connectivity index (χ3v) is 7.47. The molecule has 160 valence electrons. The molecule has 0 bridgehead atoms. The standard InChI is InChI=1S/C19H22N4O5S2/c1-12(24)20-14-3-2-4-15(9-14)23-18(13-5-6-13)21-22-19(23)29-10-17(25)28-16-7-8-30(26,27)11-16/h2-4,9,13,16H,5-8,10-11H2,1H3,(H,20,24)/t16-/m1/s1. The van der Waals surface area contributed by atoms with Gasteiger partial charge in [0, 0.05) is 18.5 Å². The number of nitrogens with zero attached hydrogens (tertiary/aromatic N) is 3. The molecule has 0 unspecified atom stereocenters. The Bertz CT molecular complexity index is 1080. The van der Waals surface area contributed by atoms with Gasteiger partial charge in [0.15, 0.2) is 15.0 Å². The molecular formula is C19H22N4O5S2. The summed E-state index contributed by atoms with van der Waals surface area (Å²) >= 11 is 1.20. The van der Waals surface area contributed by atoms with Crippen LogP contribution in [0.3, 0.4) is 0 Å². The van der Waals surface area contributed by atoms with Crippen LogP contribution in [-0.2, 0) is 24.2 Å². The zero-order chi connectivity index (χ0) is 21.3. The highest BCUT2D eigenvalue weighted by atomic mass is 32.2. The van der Waals surface area contributed by atoms with Gasteiger partial charge in [-0.05, 0) is 37.5 Å². The lowest BCUT2D eigenvalue weighted by atomic mass is 10.2. The highest BCUT2D eigenvalue weighted by Gasteiger charge is 2.32. The van der Waals surface area contributed by atoms with Crippen LogP contribution in [0.25, 0.3) is 5.69 Å². The monoisotopic (exact) mass is 450 g/mol. The van der Waals surface area contributed by atoms with Crippen molar-refractivity contribution in [2.45, 2.75) is 43.4 Å². The van der Waals surface area contributed by atoms with Gasteiger partial charge in [0.2, 0.25) is 5.91 Å². The number of esters is 1. The molecule has 2 heterocycles. The number of nitrogens with one attached hydrogen (secondary N) is 1. The van der Waals surface area contributed by atoms with Gasteiger partial charge < -0.3 is 10.1 Å². The molecule has 1 aliphatic heterocycles. The van der Waals surface area contributed by atoms with Crippen LogP contribution in [0.15, 0.2) is 29.4 Å². The van der Waals surface area contributed by atoms with Gasteiger partial charge in [-0.2, -0.15) is 0 Å². The smallest absolute Gasteiger partial charge is 0.316 e. The lowest BCUT2D eigenvalue weighted by Gasteiger charge is -2.12. The molecule has 11 heteroatoms. The Hall–Kier alpha value is -2.40. The summed E-state index contributed by atoms with van der Waals surface area (Å²) in [6, 6.07) is 7.36. The normalized spacial score (nSPS) is 20.1. The van der Waals surface area contributed by atoms with E-state index in [0.29, 0.717) is 23.2 Å². The van der Waals surface area contributed by atoms with Crippen molar-refractivity contribution in [3.05, 3.63) is 30.1 Å². The van der Waals surface area contributed by atoms with Crippen LogP contribution in [0.4, 0.5) is 5.69 Å². The van der Waals surface area contributed by atoms with Crippen molar-refractivity contribution in [3.63, 3.8) is 0 Å². The van der Waals surface area contributed by atoms with Gasteiger partial charge in [0.05, 0.1) is 22.9 Å². The molecule has 1 saturated heterocycles. The van der Waals surface area contributed by atoms with E-state index in [1.54, 1.807) is 6.07 Å². The summed E-state index contributed by atoms with van der Waals surface area (Å²) < 4.78 is 30.3. The molecule has 1 atom stereocenters. The van der Waals surface area contributed by atoms with E-state index in [0.717, 1.165) is 24.4 Å². The minimum absolute atomic E-state index is 0.00470. The first-order valence-electron chi connectivity index (χ1n) is 9.67. The molecule has 30 heavy (non-hydrogen) atoms. The number of carbonyl (C=O) groups is 2. The van der Waals surface area contributed by atoms with Gasteiger partial charge in [-0.15, -0.1) is 10.2 Å². The second-order valence-electron chi connectivity index (χ2n) is 7.49. The Labute approximate surface area is 178 Å². The number of aromatic nitrogens is 3. The third-order valence-electron chi connectivity index (χ3n) is 4.83. The largest absolute Gasteiger partial charge is 0.461 e. The summed E-state index contributed by atoms with van der Waals surface area (Å²) in [5, 5.41) is 11.9. The number of benzene rings is 1. The molecule has 1 amide bonds. The van der Waals surface area contributed by atoms with Crippen molar-refractivity contribution in [1.82, 2.24) is 14.8 Å². The van der Waals surface area contributed by atoms with Crippen LogP contribution in [0.2, 0.25) is 0 Å². The maximum absolute atomic E-state index is 12.2. The molecule has 0 spiro atoms. The fourth-order valence-electron chi connectivity index (χ4n) is 3.35. The van der Waals surface area contributed by atoms with Crippen molar-refractivity contribution in [1.29, 1.82) is 0 Å². The molecule has 9 nitrogen and oxygen atoms in total. The molecule has 2 aromatic rings. The van der Waals surface area contributed by atoms with Crippen LogP contribution in [0, 0.1) is 0 Å². The second kappa shape index (κ2) is 8.38. The molecule has 4 rings (SSSR count). The Kier molecular flexibility index (Phi) is 5.83. The van der Waals surface area contributed by atoms with Gasteiger partial charge in [0.25, 0.3) is 0 Å². The van der Waals surface area contributed by atoms with Crippen LogP contribution in [0.1, 0.15) is 37.9 Å². The quantitative estimate of drug-likeness (QED) is 0.502.